The van der Waals surface area contributed by atoms with Crippen molar-refractivity contribution in [2.75, 3.05) is 37.4 Å². The van der Waals surface area contributed by atoms with Crippen LogP contribution in [0.2, 0.25) is 5.02 Å². The summed E-state index contributed by atoms with van der Waals surface area (Å²) in [6.45, 7) is -0.620. The summed E-state index contributed by atoms with van der Waals surface area (Å²) in [6.07, 6.45) is 0. The SMILES string of the molecule is COc1ccc(NC(=O)CN(c2ccccc2F)S(=O)(=O)N(C)C)cc1Cl. The fourth-order valence-corrected chi connectivity index (χ4v) is 3.55. The van der Waals surface area contributed by atoms with E-state index < -0.39 is 28.5 Å². The summed E-state index contributed by atoms with van der Waals surface area (Å²) in [7, 11) is -0.0528. The molecule has 2 aromatic rings. The van der Waals surface area contributed by atoms with Gasteiger partial charge in [-0.3, -0.25) is 4.79 Å². The molecule has 0 atom stereocenters. The summed E-state index contributed by atoms with van der Waals surface area (Å²) in [5.74, 6) is -0.994. The van der Waals surface area contributed by atoms with E-state index in [1.54, 1.807) is 12.1 Å². The van der Waals surface area contributed by atoms with Crippen LogP contribution in [0.25, 0.3) is 0 Å². The zero-order valence-corrected chi connectivity index (χ0v) is 16.5. The molecule has 0 radical (unpaired) electrons. The standard InChI is InChI=1S/C17H19ClFN3O4S/c1-21(2)27(24,25)22(15-7-5-4-6-14(15)19)11-17(23)20-12-8-9-16(26-3)13(18)10-12/h4-10H,11H2,1-3H3,(H,20,23). The molecule has 0 unspecified atom stereocenters. The van der Waals surface area contributed by atoms with Crippen molar-refractivity contribution in [2.45, 2.75) is 0 Å². The molecule has 0 aliphatic carbocycles. The number of carbonyl (C=O) groups is 1. The van der Waals surface area contributed by atoms with E-state index in [2.05, 4.69) is 5.32 Å². The molecule has 0 heterocycles. The molecule has 0 bridgehead atoms. The first-order chi connectivity index (χ1) is 12.7. The number of carbonyl (C=O) groups excluding carboxylic acids is 1. The molecule has 146 valence electrons. The zero-order valence-electron chi connectivity index (χ0n) is 14.9. The lowest BCUT2D eigenvalue weighted by atomic mass is 10.3. The minimum Gasteiger partial charge on any atom is -0.495 e. The molecule has 0 aromatic heterocycles. The van der Waals surface area contributed by atoms with Crippen LogP contribution in [0.15, 0.2) is 42.5 Å². The number of amides is 1. The Labute approximate surface area is 162 Å². The molecule has 2 aromatic carbocycles. The van der Waals surface area contributed by atoms with Gasteiger partial charge in [0.15, 0.2) is 0 Å². The van der Waals surface area contributed by atoms with Gasteiger partial charge < -0.3 is 10.1 Å². The summed E-state index contributed by atoms with van der Waals surface area (Å²) in [4.78, 5) is 12.4. The van der Waals surface area contributed by atoms with Crippen molar-refractivity contribution in [3.63, 3.8) is 0 Å². The van der Waals surface area contributed by atoms with E-state index in [0.29, 0.717) is 15.7 Å². The number of hydrogen-bond acceptors (Lipinski definition) is 4. The van der Waals surface area contributed by atoms with E-state index in [1.165, 1.54) is 45.5 Å². The molecule has 0 saturated carbocycles. The predicted octanol–water partition coefficient (Wildman–Crippen LogP) is 2.74. The highest BCUT2D eigenvalue weighted by Gasteiger charge is 2.29. The normalized spacial score (nSPS) is 11.3. The highest BCUT2D eigenvalue weighted by atomic mass is 35.5. The monoisotopic (exact) mass is 415 g/mol. The van der Waals surface area contributed by atoms with Crippen molar-refractivity contribution < 1.29 is 22.3 Å². The van der Waals surface area contributed by atoms with Crippen LogP contribution in [-0.4, -0.2) is 46.4 Å². The molecule has 0 saturated heterocycles. The van der Waals surface area contributed by atoms with Gasteiger partial charge in [-0.05, 0) is 30.3 Å². The number of benzene rings is 2. The van der Waals surface area contributed by atoms with Gasteiger partial charge in [-0.2, -0.15) is 12.7 Å². The Balaban J connectivity index is 2.29. The molecule has 2 rings (SSSR count). The second-order valence-electron chi connectivity index (χ2n) is 5.65. The summed E-state index contributed by atoms with van der Waals surface area (Å²) >= 11 is 6.01. The van der Waals surface area contributed by atoms with E-state index >= 15 is 0 Å². The maximum atomic E-state index is 14.2. The molecular weight excluding hydrogens is 397 g/mol. The lowest BCUT2D eigenvalue weighted by molar-refractivity contribution is -0.114. The van der Waals surface area contributed by atoms with Gasteiger partial charge in [0.05, 0.1) is 17.8 Å². The van der Waals surface area contributed by atoms with Gasteiger partial charge >= 0.3 is 10.2 Å². The number of ether oxygens (including phenoxy) is 1. The Morgan fingerprint density at radius 2 is 1.89 bits per heavy atom. The van der Waals surface area contributed by atoms with Crippen LogP contribution in [0, 0.1) is 5.82 Å². The van der Waals surface area contributed by atoms with Gasteiger partial charge in [0, 0.05) is 19.8 Å². The number of halogens is 2. The minimum atomic E-state index is -4.10. The van der Waals surface area contributed by atoms with Crippen LogP contribution < -0.4 is 14.4 Å². The van der Waals surface area contributed by atoms with Crippen molar-refractivity contribution in [2.24, 2.45) is 0 Å². The van der Waals surface area contributed by atoms with Crippen LogP contribution in [0.5, 0.6) is 5.75 Å². The Morgan fingerprint density at radius 3 is 2.44 bits per heavy atom. The summed E-state index contributed by atoms with van der Waals surface area (Å²) < 4.78 is 45.9. The second-order valence-corrected chi connectivity index (χ2v) is 8.12. The number of anilines is 2. The molecule has 0 spiro atoms. The third-order valence-corrected chi connectivity index (χ3v) is 5.68. The zero-order chi connectivity index (χ0) is 20.2. The van der Waals surface area contributed by atoms with Crippen molar-refractivity contribution in [1.82, 2.24) is 4.31 Å². The molecule has 10 heteroatoms. The van der Waals surface area contributed by atoms with E-state index in [4.69, 9.17) is 16.3 Å². The number of para-hydroxylation sites is 1. The largest absolute Gasteiger partial charge is 0.495 e. The molecule has 0 fully saturated rings. The van der Waals surface area contributed by atoms with E-state index in [0.717, 1.165) is 10.4 Å². The van der Waals surface area contributed by atoms with E-state index in [-0.39, 0.29) is 10.7 Å². The smallest absolute Gasteiger partial charge is 0.304 e. The number of nitrogens with one attached hydrogen (secondary N) is 1. The lowest BCUT2D eigenvalue weighted by Gasteiger charge is -2.27. The maximum Gasteiger partial charge on any atom is 0.304 e. The fourth-order valence-electron chi connectivity index (χ4n) is 2.22. The molecule has 1 amide bonds. The van der Waals surface area contributed by atoms with Gasteiger partial charge in [-0.15, -0.1) is 0 Å². The first kappa shape index (κ1) is 20.9. The number of methoxy groups -OCH3 is 1. The van der Waals surface area contributed by atoms with Crippen molar-refractivity contribution in [1.29, 1.82) is 0 Å². The van der Waals surface area contributed by atoms with E-state index in [1.807, 2.05) is 0 Å². The van der Waals surface area contributed by atoms with Gasteiger partial charge in [0.25, 0.3) is 0 Å². The highest BCUT2D eigenvalue weighted by molar-refractivity contribution is 7.90. The fraction of sp³-hybridized carbons (Fsp3) is 0.235. The van der Waals surface area contributed by atoms with Crippen LogP contribution >= 0.6 is 11.6 Å². The number of rotatable bonds is 7. The van der Waals surface area contributed by atoms with Gasteiger partial charge in [0.2, 0.25) is 5.91 Å². The second kappa shape index (κ2) is 8.55. The Hall–Kier alpha value is -2.36. The molecule has 27 heavy (non-hydrogen) atoms. The minimum absolute atomic E-state index is 0.228. The van der Waals surface area contributed by atoms with E-state index in [9.17, 15) is 17.6 Å². The molecule has 1 N–H and O–H groups in total. The van der Waals surface area contributed by atoms with Crippen LogP contribution in [0.4, 0.5) is 15.8 Å². The molecule has 0 aliphatic heterocycles. The van der Waals surface area contributed by atoms with Crippen molar-refractivity contribution >= 4 is 39.1 Å². The Bertz CT molecular complexity index is 938. The molecular formula is C17H19ClFN3O4S. The van der Waals surface area contributed by atoms with Crippen molar-refractivity contribution in [3.8, 4) is 5.75 Å². The third-order valence-electron chi connectivity index (χ3n) is 3.58. The van der Waals surface area contributed by atoms with Crippen LogP contribution in [0.3, 0.4) is 0 Å². The summed E-state index contributed by atoms with van der Waals surface area (Å²) in [5, 5.41) is 2.82. The number of hydrogen-bond donors (Lipinski definition) is 1. The first-order valence-corrected chi connectivity index (χ1v) is 9.52. The van der Waals surface area contributed by atoms with Crippen LogP contribution in [-0.2, 0) is 15.0 Å². The highest BCUT2D eigenvalue weighted by Crippen LogP contribution is 2.27. The Morgan fingerprint density at radius 1 is 1.22 bits per heavy atom. The summed E-state index contributed by atoms with van der Waals surface area (Å²) in [6, 6.07) is 9.89. The lowest BCUT2D eigenvalue weighted by Crippen LogP contribution is -2.44. The van der Waals surface area contributed by atoms with Crippen molar-refractivity contribution in [3.05, 3.63) is 53.3 Å². The number of nitrogens with zero attached hydrogens (tertiary/aromatic N) is 2. The van der Waals surface area contributed by atoms with Gasteiger partial charge in [-0.1, -0.05) is 23.7 Å². The summed E-state index contributed by atoms with van der Waals surface area (Å²) in [5.41, 5.74) is 0.121. The molecule has 0 aliphatic rings. The van der Waals surface area contributed by atoms with Crippen LogP contribution in [0.1, 0.15) is 0 Å². The third kappa shape index (κ3) is 4.88. The van der Waals surface area contributed by atoms with Gasteiger partial charge in [0.1, 0.15) is 18.1 Å². The first-order valence-electron chi connectivity index (χ1n) is 7.75. The topological polar surface area (TPSA) is 79.0 Å². The quantitative estimate of drug-likeness (QED) is 0.754. The Kier molecular flexibility index (Phi) is 6.63. The average Bonchev–Trinajstić information content (AvgIpc) is 2.60. The predicted molar refractivity (Wildman–Crippen MR) is 103 cm³/mol. The molecule has 7 nitrogen and oxygen atoms in total. The maximum absolute atomic E-state index is 14.2. The van der Waals surface area contributed by atoms with Gasteiger partial charge in [-0.25, -0.2) is 8.70 Å². The average molecular weight is 416 g/mol.